The van der Waals surface area contributed by atoms with E-state index >= 15 is 0 Å². The molecule has 0 spiro atoms. The Kier molecular flexibility index (Phi) is 5.62. The molecule has 1 aliphatic carbocycles. The number of hydrogen-bond acceptors (Lipinski definition) is 2. The molecule has 0 amide bonds. The fraction of sp³-hybridized carbons (Fsp3) is 1.00. The van der Waals surface area contributed by atoms with Crippen LogP contribution in [0.3, 0.4) is 0 Å². The largest absolute Gasteiger partial charge is 0.391 e. The van der Waals surface area contributed by atoms with Crippen LogP contribution in [-0.2, 0) is 0 Å². The van der Waals surface area contributed by atoms with Gasteiger partial charge in [-0.25, -0.2) is 0 Å². The molecule has 0 aromatic carbocycles. The first-order valence-corrected chi connectivity index (χ1v) is 6.60. The highest BCUT2D eigenvalue weighted by atomic mass is 16.3. The lowest BCUT2D eigenvalue weighted by molar-refractivity contribution is 0.0272. The van der Waals surface area contributed by atoms with E-state index in [0.717, 1.165) is 13.0 Å². The highest BCUT2D eigenvalue weighted by Gasteiger charge is 2.28. The molecule has 2 atom stereocenters. The molecule has 0 heterocycles. The van der Waals surface area contributed by atoms with E-state index in [2.05, 4.69) is 25.7 Å². The lowest BCUT2D eigenvalue weighted by atomic mass is 10.0. The van der Waals surface area contributed by atoms with Crippen molar-refractivity contribution in [2.45, 2.75) is 77.5 Å². The van der Waals surface area contributed by atoms with E-state index in [9.17, 15) is 5.11 Å². The molecule has 2 nitrogen and oxygen atoms in total. The maximum Gasteiger partial charge on any atom is 0.0695 e. The van der Waals surface area contributed by atoms with E-state index in [4.69, 9.17) is 0 Å². The Morgan fingerprint density at radius 3 is 2.47 bits per heavy atom. The predicted molar refractivity (Wildman–Crippen MR) is 65.0 cm³/mol. The van der Waals surface area contributed by atoms with Gasteiger partial charge < -0.3 is 5.11 Å². The van der Waals surface area contributed by atoms with Crippen molar-refractivity contribution in [3.8, 4) is 0 Å². The summed E-state index contributed by atoms with van der Waals surface area (Å²) in [6.45, 7) is 7.83. The predicted octanol–water partition coefficient (Wildman–Crippen LogP) is 2.80. The van der Waals surface area contributed by atoms with Crippen LogP contribution in [0.4, 0.5) is 0 Å². The van der Waals surface area contributed by atoms with Gasteiger partial charge in [-0.05, 0) is 39.7 Å². The smallest absolute Gasteiger partial charge is 0.0695 e. The molecule has 1 rings (SSSR count). The van der Waals surface area contributed by atoms with Crippen molar-refractivity contribution in [2.75, 3.05) is 6.54 Å². The van der Waals surface area contributed by atoms with Crippen molar-refractivity contribution in [1.82, 2.24) is 4.90 Å². The van der Waals surface area contributed by atoms with Gasteiger partial charge in [-0.15, -0.1) is 0 Å². The normalized spacial score (nSPS) is 28.4. The Bertz CT molecular complexity index is 170. The fourth-order valence-corrected chi connectivity index (χ4v) is 2.72. The van der Waals surface area contributed by atoms with Gasteiger partial charge in [0, 0.05) is 12.1 Å². The van der Waals surface area contributed by atoms with Crippen LogP contribution < -0.4 is 0 Å². The van der Waals surface area contributed by atoms with E-state index in [1.165, 1.54) is 32.1 Å². The molecule has 0 aromatic heterocycles. The van der Waals surface area contributed by atoms with Crippen LogP contribution in [0.1, 0.15) is 59.3 Å². The molecule has 1 fully saturated rings. The highest BCUT2D eigenvalue weighted by Crippen LogP contribution is 2.24. The molecular formula is C13H27NO. The van der Waals surface area contributed by atoms with Gasteiger partial charge in [-0.3, -0.25) is 4.90 Å². The van der Waals surface area contributed by atoms with E-state index < -0.39 is 0 Å². The third-order valence-corrected chi connectivity index (χ3v) is 3.52. The van der Waals surface area contributed by atoms with Gasteiger partial charge >= 0.3 is 0 Å². The molecule has 0 aromatic rings. The van der Waals surface area contributed by atoms with Crippen LogP contribution >= 0.6 is 0 Å². The quantitative estimate of drug-likeness (QED) is 0.726. The summed E-state index contributed by atoms with van der Waals surface area (Å²) in [6, 6.07) is 0.968. The van der Waals surface area contributed by atoms with Crippen LogP contribution in [0.5, 0.6) is 0 Å². The summed E-state index contributed by atoms with van der Waals surface area (Å²) in [5.74, 6) is 0. The minimum absolute atomic E-state index is 0.0959. The maximum atomic E-state index is 10.2. The first kappa shape index (κ1) is 13.0. The van der Waals surface area contributed by atoms with E-state index in [0.29, 0.717) is 12.1 Å². The highest BCUT2D eigenvalue weighted by molar-refractivity contribution is 4.83. The van der Waals surface area contributed by atoms with Crippen molar-refractivity contribution in [3.63, 3.8) is 0 Å². The number of rotatable bonds is 4. The second-order valence-corrected chi connectivity index (χ2v) is 5.10. The molecule has 0 bridgehead atoms. The standard InChI is InChI=1S/C13H27NO/c1-4-10-14(11(2)3)12-8-6-5-7-9-13(12)15/h11-13,15H,4-10H2,1-3H3. The van der Waals surface area contributed by atoms with Gasteiger partial charge in [0.1, 0.15) is 0 Å². The van der Waals surface area contributed by atoms with Gasteiger partial charge in [-0.2, -0.15) is 0 Å². The minimum atomic E-state index is -0.0959. The van der Waals surface area contributed by atoms with Crippen molar-refractivity contribution in [3.05, 3.63) is 0 Å². The summed E-state index contributed by atoms with van der Waals surface area (Å²) in [7, 11) is 0. The Labute approximate surface area is 94.7 Å². The first-order valence-electron chi connectivity index (χ1n) is 6.60. The van der Waals surface area contributed by atoms with Gasteiger partial charge in [0.05, 0.1) is 6.10 Å². The summed E-state index contributed by atoms with van der Waals surface area (Å²) >= 11 is 0. The van der Waals surface area contributed by atoms with Crippen LogP contribution in [0.2, 0.25) is 0 Å². The molecule has 90 valence electrons. The molecular weight excluding hydrogens is 186 g/mol. The van der Waals surface area contributed by atoms with Gasteiger partial charge in [-0.1, -0.05) is 26.2 Å². The van der Waals surface area contributed by atoms with Crippen molar-refractivity contribution < 1.29 is 5.11 Å². The van der Waals surface area contributed by atoms with Gasteiger partial charge in [0.2, 0.25) is 0 Å². The van der Waals surface area contributed by atoms with Crippen molar-refractivity contribution in [1.29, 1.82) is 0 Å². The zero-order valence-electron chi connectivity index (χ0n) is 10.6. The summed E-state index contributed by atoms with van der Waals surface area (Å²) in [5.41, 5.74) is 0. The molecule has 0 saturated heterocycles. The van der Waals surface area contributed by atoms with E-state index in [1.54, 1.807) is 0 Å². The molecule has 0 aliphatic heterocycles. The monoisotopic (exact) mass is 213 g/mol. The summed E-state index contributed by atoms with van der Waals surface area (Å²) in [6.07, 6.45) is 7.05. The average molecular weight is 213 g/mol. The van der Waals surface area contributed by atoms with Gasteiger partial charge in [0.25, 0.3) is 0 Å². The van der Waals surface area contributed by atoms with Crippen LogP contribution in [-0.4, -0.2) is 34.7 Å². The fourth-order valence-electron chi connectivity index (χ4n) is 2.72. The lowest BCUT2D eigenvalue weighted by Gasteiger charge is -2.36. The number of aliphatic hydroxyl groups excluding tert-OH is 1. The average Bonchev–Trinajstić information content (AvgIpc) is 2.39. The molecule has 0 radical (unpaired) electrons. The van der Waals surface area contributed by atoms with Crippen molar-refractivity contribution in [2.24, 2.45) is 0 Å². The summed E-state index contributed by atoms with van der Waals surface area (Å²) in [4.78, 5) is 2.50. The van der Waals surface area contributed by atoms with Crippen LogP contribution in [0.25, 0.3) is 0 Å². The molecule has 2 heteroatoms. The second kappa shape index (κ2) is 6.49. The maximum absolute atomic E-state index is 10.2. The second-order valence-electron chi connectivity index (χ2n) is 5.10. The summed E-state index contributed by atoms with van der Waals surface area (Å²) in [5, 5.41) is 10.2. The van der Waals surface area contributed by atoms with E-state index in [-0.39, 0.29) is 6.10 Å². The Morgan fingerprint density at radius 1 is 1.20 bits per heavy atom. The summed E-state index contributed by atoms with van der Waals surface area (Å²) < 4.78 is 0. The van der Waals surface area contributed by atoms with Crippen molar-refractivity contribution >= 4 is 0 Å². The SMILES string of the molecule is CCCN(C(C)C)C1CCCCCC1O. The molecule has 2 unspecified atom stereocenters. The Hall–Kier alpha value is -0.0800. The molecule has 1 N–H and O–H groups in total. The third kappa shape index (κ3) is 3.76. The lowest BCUT2D eigenvalue weighted by Crippen LogP contribution is -2.47. The minimum Gasteiger partial charge on any atom is -0.391 e. The zero-order valence-corrected chi connectivity index (χ0v) is 10.6. The molecule has 1 aliphatic rings. The first-order chi connectivity index (χ1) is 7.16. The third-order valence-electron chi connectivity index (χ3n) is 3.52. The topological polar surface area (TPSA) is 23.5 Å². The zero-order chi connectivity index (χ0) is 11.3. The van der Waals surface area contributed by atoms with Gasteiger partial charge in [0.15, 0.2) is 0 Å². The number of aliphatic hydroxyl groups is 1. The number of hydrogen-bond donors (Lipinski definition) is 1. The Balaban J connectivity index is 2.61. The molecule has 1 saturated carbocycles. The van der Waals surface area contributed by atoms with E-state index in [1.807, 2.05) is 0 Å². The molecule has 15 heavy (non-hydrogen) atoms. The van der Waals surface area contributed by atoms with Crippen LogP contribution in [0, 0.1) is 0 Å². The number of nitrogens with zero attached hydrogens (tertiary/aromatic N) is 1. The Morgan fingerprint density at radius 2 is 1.87 bits per heavy atom. The van der Waals surface area contributed by atoms with Crippen LogP contribution in [0.15, 0.2) is 0 Å².